The lowest BCUT2D eigenvalue weighted by Crippen LogP contribution is -2.39. The highest BCUT2D eigenvalue weighted by atomic mass is 16.5. The van der Waals surface area contributed by atoms with Crippen molar-refractivity contribution >= 4 is 5.78 Å². The normalized spacial score (nSPS) is 19.6. The van der Waals surface area contributed by atoms with Crippen LogP contribution in [0.1, 0.15) is 48.5 Å². The van der Waals surface area contributed by atoms with Crippen LogP contribution in [0.3, 0.4) is 0 Å². The number of rotatable bonds is 4. The summed E-state index contributed by atoms with van der Waals surface area (Å²) in [7, 11) is 0. The van der Waals surface area contributed by atoms with Crippen molar-refractivity contribution < 1.29 is 24.9 Å². The first-order chi connectivity index (χ1) is 11.4. The molecule has 5 nitrogen and oxygen atoms in total. The number of carbonyl (C=O) groups is 1. The maximum atomic E-state index is 12.7. The Morgan fingerprint density at radius 1 is 1.08 bits per heavy atom. The van der Waals surface area contributed by atoms with Crippen LogP contribution in [-0.4, -0.2) is 21.1 Å². The Balaban J connectivity index is 2.10. The Bertz CT molecular complexity index is 766. The third kappa shape index (κ3) is 2.77. The fourth-order valence-corrected chi connectivity index (χ4v) is 3.21. The van der Waals surface area contributed by atoms with Crippen LogP contribution in [0.15, 0.2) is 36.4 Å². The van der Waals surface area contributed by atoms with Gasteiger partial charge in [0.25, 0.3) is 0 Å². The highest BCUT2D eigenvalue weighted by Crippen LogP contribution is 2.46. The minimum absolute atomic E-state index is 0.100. The maximum Gasteiger partial charge on any atom is 0.174 e. The molecule has 0 bridgehead atoms. The van der Waals surface area contributed by atoms with Crippen LogP contribution in [-0.2, 0) is 5.60 Å². The number of phenols is 3. The molecule has 0 aliphatic carbocycles. The number of hydrogen-bond donors (Lipinski definition) is 3. The summed E-state index contributed by atoms with van der Waals surface area (Å²) in [4.78, 5) is 12.7. The molecule has 0 radical (unpaired) electrons. The summed E-state index contributed by atoms with van der Waals surface area (Å²) < 4.78 is 6.16. The molecule has 3 N–H and O–H groups in total. The number of hydrogen-bond acceptors (Lipinski definition) is 5. The zero-order valence-corrected chi connectivity index (χ0v) is 13.5. The average molecular weight is 328 g/mol. The van der Waals surface area contributed by atoms with Crippen LogP contribution in [0.4, 0.5) is 0 Å². The van der Waals surface area contributed by atoms with Crippen molar-refractivity contribution in [2.24, 2.45) is 0 Å². The lowest BCUT2D eigenvalue weighted by Gasteiger charge is -2.38. The largest absolute Gasteiger partial charge is 0.508 e. The molecule has 0 saturated carbocycles. The van der Waals surface area contributed by atoms with Crippen LogP contribution < -0.4 is 4.74 Å². The van der Waals surface area contributed by atoms with Crippen LogP contribution in [0.25, 0.3) is 0 Å². The Hall–Kier alpha value is -2.69. The van der Waals surface area contributed by atoms with Gasteiger partial charge in [-0.1, -0.05) is 25.5 Å². The number of unbranched alkanes of at least 4 members (excludes halogenated alkanes) is 1. The molecule has 1 heterocycles. The molecule has 1 unspecified atom stereocenters. The van der Waals surface area contributed by atoms with E-state index < -0.39 is 5.60 Å². The molecule has 2 aromatic rings. The molecular formula is C19H20O5. The second-order valence-corrected chi connectivity index (χ2v) is 6.18. The molecule has 0 fully saturated rings. The second kappa shape index (κ2) is 6.07. The van der Waals surface area contributed by atoms with Crippen LogP contribution in [0.5, 0.6) is 23.0 Å². The number of fused-ring (bicyclic) bond motifs is 1. The molecule has 1 aliphatic rings. The third-order valence-corrected chi connectivity index (χ3v) is 4.42. The van der Waals surface area contributed by atoms with E-state index in [1.807, 2.05) is 0 Å². The van der Waals surface area contributed by atoms with E-state index >= 15 is 0 Å². The smallest absolute Gasteiger partial charge is 0.174 e. The van der Waals surface area contributed by atoms with E-state index in [4.69, 9.17) is 4.74 Å². The predicted molar refractivity (Wildman–Crippen MR) is 88.7 cm³/mol. The zero-order chi connectivity index (χ0) is 17.3. The van der Waals surface area contributed by atoms with Gasteiger partial charge in [0.2, 0.25) is 0 Å². The fraction of sp³-hybridized carbons (Fsp3) is 0.316. The SMILES string of the molecule is CCCCC1(c2ccc(O)cc2)CC(=O)c2c(O)cc(O)cc2O1. The second-order valence-electron chi connectivity index (χ2n) is 6.18. The molecule has 2 aromatic carbocycles. The Labute approximate surface area is 140 Å². The number of benzene rings is 2. The Kier molecular flexibility index (Phi) is 4.09. The van der Waals surface area contributed by atoms with E-state index in [9.17, 15) is 20.1 Å². The monoisotopic (exact) mass is 328 g/mol. The van der Waals surface area contributed by atoms with Crippen molar-refractivity contribution in [1.82, 2.24) is 0 Å². The van der Waals surface area contributed by atoms with Crippen molar-refractivity contribution in [1.29, 1.82) is 0 Å². The summed E-state index contributed by atoms with van der Waals surface area (Å²) in [5.41, 5.74) is 0.0304. The van der Waals surface area contributed by atoms with Gasteiger partial charge in [0.1, 0.15) is 34.2 Å². The van der Waals surface area contributed by atoms with Gasteiger partial charge in [-0.25, -0.2) is 0 Å². The van der Waals surface area contributed by atoms with Crippen LogP contribution in [0.2, 0.25) is 0 Å². The number of carbonyl (C=O) groups excluding carboxylic acids is 1. The van der Waals surface area contributed by atoms with Crippen LogP contribution in [0, 0.1) is 0 Å². The van der Waals surface area contributed by atoms with Crippen molar-refractivity contribution in [3.63, 3.8) is 0 Å². The maximum absolute atomic E-state index is 12.7. The molecule has 24 heavy (non-hydrogen) atoms. The molecule has 3 rings (SSSR count). The number of ketones is 1. The Morgan fingerprint density at radius 3 is 2.46 bits per heavy atom. The topological polar surface area (TPSA) is 87.0 Å². The number of phenolic OH excluding ortho intramolecular Hbond substituents is 3. The first-order valence-corrected chi connectivity index (χ1v) is 8.03. The molecule has 5 heteroatoms. The third-order valence-electron chi connectivity index (χ3n) is 4.42. The van der Waals surface area contributed by atoms with E-state index in [-0.39, 0.29) is 40.8 Å². The first-order valence-electron chi connectivity index (χ1n) is 8.03. The highest BCUT2D eigenvalue weighted by Gasteiger charge is 2.43. The fourth-order valence-electron chi connectivity index (χ4n) is 3.21. The molecule has 1 aliphatic heterocycles. The molecular weight excluding hydrogens is 308 g/mol. The van der Waals surface area contributed by atoms with Gasteiger partial charge in [0, 0.05) is 12.1 Å². The van der Waals surface area contributed by atoms with Gasteiger partial charge in [-0.15, -0.1) is 0 Å². The van der Waals surface area contributed by atoms with Gasteiger partial charge >= 0.3 is 0 Å². The summed E-state index contributed by atoms with van der Waals surface area (Å²) in [6, 6.07) is 9.10. The molecule has 0 amide bonds. The van der Waals surface area contributed by atoms with Crippen molar-refractivity contribution in [3.8, 4) is 23.0 Å². The van der Waals surface area contributed by atoms with Crippen LogP contribution >= 0.6 is 0 Å². The van der Waals surface area contributed by atoms with Gasteiger partial charge in [0.05, 0.1) is 6.42 Å². The first kappa shape index (κ1) is 16.2. The van der Waals surface area contributed by atoms with Gasteiger partial charge in [-0.05, 0) is 30.5 Å². The minimum atomic E-state index is -0.867. The van der Waals surface area contributed by atoms with Crippen molar-refractivity contribution in [2.45, 2.75) is 38.2 Å². The van der Waals surface area contributed by atoms with Gasteiger partial charge in [0.15, 0.2) is 5.78 Å². The lowest BCUT2D eigenvalue weighted by molar-refractivity contribution is 0.0293. The zero-order valence-electron chi connectivity index (χ0n) is 13.5. The Morgan fingerprint density at radius 2 is 1.79 bits per heavy atom. The molecule has 0 spiro atoms. The van der Waals surface area contributed by atoms with Gasteiger partial charge in [-0.2, -0.15) is 0 Å². The summed E-state index contributed by atoms with van der Waals surface area (Å²) >= 11 is 0. The molecule has 126 valence electrons. The average Bonchev–Trinajstić information content (AvgIpc) is 2.52. The van der Waals surface area contributed by atoms with Crippen molar-refractivity contribution in [2.75, 3.05) is 0 Å². The predicted octanol–water partition coefficient (Wildman–Crippen LogP) is 3.85. The standard InChI is InChI=1S/C19H20O5/c1-2-3-8-19(12-4-6-13(20)7-5-12)11-16(23)18-15(22)9-14(21)10-17(18)24-19/h4-7,9-10,20-22H,2-3,8,11H2,1H3. The number of aromatic hydroxyl groups is 3. The quantitative estimate of drug-likeness (QED) is 0.793. The highest BCUT2D eigenvalue weighted by molar-refractivity contribution is 6.03. The van der Waals surface area contributed by atoms with E-state index in [0.29, 0.717) is 6.42 Å². The van der Waals surface area contributed by atoms with Crippen molar-refractivity contribution in [3.05, 3.63) is 47.5 Å². The number of Topliss-reactive ketones (excluding diaryl/α,β-unsaturated/α-hetero) is 1. The lowest BCUT2D eigenvalue weighted by atomic mass is 9.80. The minimum Gasteiger partial charge on any atom is -0.508 e. The van der Waals surface area contributed by atoms with E-state index in [1.165, 1.54) is 6.07 Å². The van der Waals surface area contributed by atoms with E-state index in [0.717, 1.165) is 24.5 Å². The number of ether oxygens (including phenoxy) is 1. The van der Waals surface area contributed by atoms with Gasteiger partial charge in [-0.3, -0.25) is 4.79 Å². The molecule has 1 atom stereocenters. The summed E-state index contributed by atoms with van der Waals surface area (Å²) in [5, 5.41) is 29.2. The molecule has 0 saturated heterocycles. The molecule has 0 aromatic heterocycles. The summed E-state index contributed by atoms with van der Waals surface area (Å²) in [5.74, 6) is -0.325. The van der Waals surface area contributed by atoms with Gasteiger partial charge < -0.3 is 20.1 Å². The summed E-state index contributed by atoms with van der Waals surface area (Å²) in [6.07, 6.45) is 2.52. The summed E-state index contributed by atoms with van der Waals surface area (Å²) in [6.45, 7) is 2.06. The van der Waals surface area contributed by atoms with E-state index in [2.05, 4.69) is 6.92 Å². The van der Waals surface area contributed by atoms with E-state index in [1.54, 1.807) is 24.3 Å².